The summed E-state index contributed by atoms with van der Waals surface area (Å²) in [6, 6.07) is 55.1. The first-order chi connectivity index (χ1) is 56.5. The molecule has 14 rings (SSSR count). The average molecular weight is 1880 g/mol. The van der Waals surface area contributed by atoms with Gasteiger partial charge in [0.15, 0.2) is 0 Å². The zero-order valence-electron chi connectivity index (χ0n) is 67.1. The first kappa shape index (κ1) is 99.0. The van der Waals surface area contributed by atoms with E-state index >= 15 is 0 Å². The van der Waals surface area contributed by atoms with Crippen molar-refractivity contribution in [3.8, 4) is 42.5 Å². The van der Waals surface area contributed by atoms with Crippen molar-refractivity contribution in [2.75, 3.05) is 0 Å². The summed E-state index contributed by atoms with van der Waals surface area (Å²) in [6.07, 6.45) is 23.9. The maximum absolute atomic E-state index is 11.6. The number of carbonyl (C=O) groups is 1. The van der Waals surface area contributed by atoms with Gasteiger partial charge in [-0.05, 0) is 263 Å². The van der Waals surface area contributed by atoms with E-state index in [1.807, 2.05) is 60.7 Å². The smallest absolute Gasteiger partial charge is 0.134 e. The number of nitrogens with zero attached hydrogens (tertiary/aromatic N) is 7. The predicted octanol–water partition coefficient (Wildman–Crippen LogP) is 31.1. The van der Waals surface area contributed by atoms with Crippen molar-refractivity contribution in [3.63, 3.8) is 0 Å². The van der Waals surface area contributed by atoms with Crippen molar-refractivity contribution < 1.29 is 15.0 Å². The number of ketones is 1. The zero-order chi connectivity index (χ0) is 87.3. The minimum atomic E-state index is -0.719. The number of Topliss-reactive ketones (excluding diaryl/α,β-unsaturated/α-hetero) is 1. The molecule has 628 valence electrons. The number of nitriles is 7. The molecule has 7 aromatic carbocycles. The Balaban J connectivity index is 0.000000173. The van der Waals surface area contributed by atoms with Crippen LogP contribution in [0.4, 0.5) is 0 Å². The highest BCUT2D eigenvalue weighted by Gasteiger charge is 2.44. The van der Waals surface area contributed by atoms with E-state index in [9.17, 15) is 51.8 Å². The summed E-state index contributed by atoms with van der Waals surface area (Å²) < 4.78 is 0. The lowest BCUT2D eigenvalue weighted by molar-refractivity contribution is -0.121. The topological polar surface area (TPSA) is 224 Å². The van der Waals surface area contributed by atoms with Crippen LogP contribution in [0.15, 0.2) is 127 Å². The third-order valence-electron chi connectivity index (χ3n) is 24.8. The molecule has 13 atom stereocenters. The highest BCUT2D eigenvalue weighted by molar-refractivity contribution is 6.45. The number of benzene rings is 7. The van der Waals surface area contributed by atoms with E-state index in [0.717, 1.165) is 161 Å². The molecular formula is C95H97Cl14N7O3. The largest absolute Gasteiger partial charge is 0.393 e. The third-order valence-corrected chi connectivity index (χ3v) is 30.0. The fourth-order valence-corrected chi connectivity index (χ4v) is 20.4. The van der Waals surface area contributed by atoms with Crippen molar-refractivity contribution >= 4 is 168 Å². The molecule has 10 nitrogen and oxygen atoms in total. The summed E-state index contributed by atoms with van der Waals surface area (Å²) in [5, 5.41) is 93.1. The lowest BCUT2D eigenvalue weighted by atomic mass is 9.67. The summed E-state index contributed by atoms with van der Waals surface area (Å²) in [7, 11) is 0. The van der Waals surface area contributed by atoms with Crippen molar-refractivity contribution in [1.29, 1.82) is 36.8 Å². The maximum Gasteiger partial charge on any atom is 0.134 e. The second kappa shape index (κ2) is 45.0. The molecule has 2 N–H and O–H groups in total. The molecule has 0 spiro atoms. The highest BCUT2D eigenvalue weighted by atomic mass is 35.5. The van der Waals surface area contributed by atoms with Crippen LogP contribution in [-0.4, -0.2) is 28.2 Å². The molecule has 7 aliphatic rings. The molecule has 0 saturated heterocycles. The Hall–Kier alpha value is -5.38. The average Bonchev–Trinajstić information content (AvgIpc) is 0.831. The SMILES string of the molecule is C[C@@H]1CCC[C@@](C#N)(c2ccc(Cl)c(Cl)c2)C1.C[C@@H]1CCC[C@@](C#N)(c2ccc(Cl)c(Cl)c2)C1.C[C@H]1CCC[C@](C#N)(c2ccc(Cl)c(Cl)c2)C1.C[C@H]1CCC[C@](C#N)(c2ccc(Cl)c(Cl)c2)C1.N#CC1(c2ccc(Cl)c(Cl)c2)CCCC(=O)C1.N#C[C@@]1(c2ccc(Cl)c(Cl)c2)CCC[C@@H](O)C1.N#C[C@]1(c2ccc(Cl)c(Cl)c2)CCC[C@H](O)C1. The number of hydrogen-bond acceptors (Lipinski definition) is 10. The Morgan fingerprint density at radius 3 is 0.605 bits per heavy atom. The number of aliphatic hydroxyl groups excluding tert-OH is 2. The summed E-state index contributed by atoms with van der Waals surface area (Å²) >= 11 is 83.4. The molecule has 24 heteroatoms. The molecule has 1 unspecified atom stereocenters. The minimum Gasteiger partial charge on any atom is -0.393 e. The van der Waals surface area contributed by atoms with Gasteiger partial charge in [-0.25, -0.2) is 0 Å². The number of aliphatic hydroxyl groups is 2. The normalized spacial score (nSPS) is 28.1. The maximum atomic E-state index is 11.6. The Bertz CT molecular complexity index is 4360. The van der Waals surface area contributed by atoms with E-state index in [1.54, 1.807) is 66.7 Å². The second-order valence-electron chi connectivity index (χ2n) is 33.6. The van der Waals surface area contributed by atoms with Crippen LogP contribution in [0.5, 0.6) is 0 Å². The molecular weight excluding hydrogens is 1780 g/mol. The lowest BCUT2D eigenvalue weighted by Gasteiger charge is -2.34. The lowest BCUT2D eigenvalue weighted by Crippen LogP contribution is -2.34. The third kappa shape index (κ3) is 25.5. The van der Waals surface area contributed by atoms with Crippen molar-refractivity contribution in [2.24, 2.45) is 23.7 Å². The molecule has 0 amide bonds. The van der Waals surface area contributed by atoms with Gasteiger partial charge in [-0.15, -0.1) is 0 Å². The molecule has 7 fully saturated rings. The Morgan fingerprint density at radius 2 is 0.437 bits per heavy atom. The van der Waals surface area contributed by atoms with Gasteiger partial charge in [0.05, 0.1) is 163 Å². The number of rotatable bonds is 7. The van der Waals surface area contributed by atoms with Gasteiger partial charge in [0.2, 0.25) is 0 Å². The molecule has 119 heavy (non-hydrogen) atoms. The van der Waals surface area contributed by atoms with Gasteiger partial charge in [0.25, 0.3) is 0 Å². The zero-order valence-corrected chi connectivity index (χ0v) is 77.7. The first-order valence-electron chi connectivity index (χ1n) is 40.5. The summed E-state index contributed by atoms with van der Waals surface area (Å²) in [5.41, 5.74) is 3.13. The summed E-state index contributed by atoms with van der Waals surface area (Å²) in [5.74, 6) is 2.52. The Morgan fingerprint density at radius 1 is 0.261 bits per heavy atom. The van der Waals surface area contributed by atoms with E-state index in [2.05, 4.69) is 70.2 Å². The van der Waals surface area contributed by atoms with Crippen LogP contribution in [-0.2, 0) is 42.7 Å². The van der Waals surface area contributed by atoms with Gasteiger partial charge >= 0.3 is 0 Å². The van der Waals surface area contributed by atoms with Gasteiger partial charge < -0.3 is 10.2 Å². The van der Waals surface area contributed by atoms with Crippen LogP contribution >= 0.6 is 162 Å². The molecule has 0 heterocycles. The van der Waals surface area contributed by atoms with Crippen molar-refractivity contribution in [2.45, 2.75) is 258 Å². The predicted molar refractivity (Wildman–Crippen MR) is 489 cm³/mol. The summed E-state index contributed by atoms with van der Waals surface area (Å²) in [6.45, 7) is 8.84. The second-order valence-corrected chi connectivity index (χ2v) is 39.3. The molecule has 7 aliphatic carbocycles. The monoisotopic (exact) mass is 1870 g/mol. The van der Waals surface area contributed by atoms with E-state index in [1.165, 1.54) is 25.7 Å². The van der Waals surface area contributed by atoms with Crippen LogP contribution in [0.3, 0.4) is 0 Å². The van der Waals surface area contributed by atoms with Crippen molar-refractivity contribution in [1.82, 2.24) is 0 Å². The van der Waals surface area contributed by atoms with Crippen LogP contribution < -0.4 is 0 Å². The van der Waals surface area contributed by atoms with E-state index in [0.29, 0.717) is 120 Å². The Labute approximate surface area is 773 Å². The van der Waals surface area contributed by atoms with Gasteiger partial charge in [0.1, 0.15) is 5.78 Å². The first-order valence-corrected chi connectivity index (χ1v) is 45.8. The number of hydrogen-bond donors (Lipinski definition) is 2. The molecule has 0 aliphatic heterocycles. The molecule has 0 aromatic heterocycles. The van der Waals surface area contributed by atoms with E-state index in [4.69, 9.17) is 162 Å². The highest BCUT2D eigenvalue weighted by Crippen LogP contribution is 2.50. The van der Waals surface area contributed by atoms with Crippen molar-refractivity contribution in [3.05, 3.63) is 237 Å². The van der Waals surface area contributed by atoms with Crippen LogP contribution in [0.25, 0.3) is 0 Å². The number of halogens is 14. The quantitative estimate of drug-likeness (QED) is 0.153. The molecule has 0 bridgehead atoms. The van der Waals surface area contributed by atoms with Crippen LogP contribution in [0.1, 0.15) is 246 Å². The van der Waals surface area contributed by atoms with E-state index < -0.39 is 28.5 Å². The molecule has 0 radical (unpaired) electrons. The standard InChI is InChI=1S/4C14H15Cl2N.2C13H13Cl2NO.C13H11Cl2NO/c4*1-10-3-2-6-14(8-10,9-17)11-4-5-12(15)13(16)7-11;3*14-11-4-3-9(6-12(11)15)13(8-16)5-1-2-10(17)7-13/h4*4-5,7,10H,2-3,6,8H2,1H3;2*3-4,6,10,17H,1-2,5,7H2;3-4,6H,1-2,5,7H2/t4*10-,14-;2*10-,13-;/m110010./s1. The number of carbonyl (C=O) groups excluding carboxylic acids is 1. The Kier molecular flexibility index (Phi) is 37.4. The fourth-order valence-electron chi connectivity index (χ4n) is 18.3. The van der Waals surface area contributed by atoms with Gasteiger partial charge in [0, 0.05) is 12.8 Å². The molecule has 7 aromatic rings. The van der Waals surface area contributed by atoms with Gasteiger partial charge in [-0.1, -0.05) is 284 Å². The molecule has 7 saturated carbocycles. The fraction of sp³-hybridized carbons (Fsp3) is 0.474. The van der Waals surface area contributed by atoms with E-state index in [-0.39, 0.29) is 33.9 Å². The van der Waals surface area contributed by atoms with Gasteiger partial charge in [-0.3, -0.25) is 4.79 Å². The van der Waals surface area contributed by atoms with Crippen LogP contribution in [0.2, 0.25) is 70.3 Å². The summed E-state index contributed by atoms with van der Waals surface area (Å²) in [4.78, 5) is 11.6. The van der Waals surface area contributed by atoms with Crippen LogP contribution in [0, 0.1) is 103 Å². The minimum absolute atomic E-state index is 0.142. The van der Waals surface area contributed by atoms with Gasteiger partial charge in [-0.2, -0.15) is 36.8 Å².